The third kappa shape index (κ3) is 9.22. The lowest BCUT2D eigenvalue weighted by Crippen LogP contribution is -2.27. The number of nitrogens with two attached hydrogens (primary N) is 1. The summed E-state index contributed by atoms with van der Waals surface area (Å²) >= 11 is 0. The number of benzene rings is 2. The third-order valence-corrected chi connectivity index (χ3v) is 9.93. The summed E-state index contributed by atoms with van der Waals surface area (Å²) in [7, 11) is 2.16. The van der Waals surface area contributed by atoms with Crippen LogP contribution >= 0.6 is 0 Å². The van der Waals surface area contributed by atoms with E-state index >= 15 is 0 Å². The highest BCUT2D eigenvalue weighted by Crippen LogP contribution is 2.47. The molecule has 2 aromatic carbocycles. The van der Waals surface area contributed by atoms with E-state index in [0.29, 0.717) is 6.42 Å². The number of hydrogen-bond acceptors (Lipinski definition) is 3. The Morgan fingerprint density at radius 1 is 0.766 bits per heavy atom. The molecule has 4 rings (SSSR count). The standard InChI is InChI=1S/C42H58N4O/c1-41(2)34-24-17-19-26-36(34)45(5)38(41)28-14-9-8-10-15-29-39-42(3,4)35-25-18-20-27-37(35)46(39)33-23-13-16-30-40(47)44-32-22-12-7-6-11-21-31-43/h8-10,14-15,17-20,24-29H,6-7,11-13,16,21-23,30-33,43H2,1-5H3/p+1. The number of fused-ring (bicyclic) bond motifs is 2. The van der Waals surface area contributed by atoms with Gasteiger partial charge in [0.2, 0.25) is 11.6 Å². The summed E-state index contributed by atoms with van der Waals surface area (Å²) in [6.07, 6.45) is 25.9. The van der Waals surface area contributed by atoms with Gasteiger partial charge in [-0.15, -0.1) is 0 Å². The van der Waals surface area contributed by atoms with Gasteiger partial charge >= 0.3 is 0 Å². The second kappa shape index (κ2) is 17.5. The molecular formula is C42H59N4O+. The van der Waals surface area contributed by atoms with Gasteiger partial charge in [-0.2, -0.15) is 4.58 Å². The SMILES string of the molecule is C[N+]1=C(C=CC=CC=CC=C2N(CCCCCC(=O)NCCCCCCCCN)c3ccccc3C2(C)C)C(C)(C)c2ccccc21. The number of unbranched alkanes of at least 4 members (excludes halogenated alkanes) is 7. The average Bonchev–Trinajstić information content (AvgIpc) is 3.39. The summed E-state index contributed by atoms with van der Waals surface area (Å²) in [5.74, 6) is 0.192. The maximum absolute atomic E-state index is 12.3. The van der Waals surface area contributed by atoms with Crippen molar-refractivity contribution < 1.29 is 9.37 Å². The van der Waals surface area contributed by atoms with E-state index in [4.69, 9.17) is 5.73 Å². The van der Waals surface area contributed by atoms with Crippen LogP contribution in [0.1, 0.15) is 103 Å². The summed E-state index contributed by atoms with van der Waals surface area (Å²) in [4.78, 5) is 14.8. The Bertz CT molecular complexity index is 1490. The Labute approximate surface area is 285 Å². The predicted octanol–water partition coefficient (Wildman–Crippen LogP) is 9.02. The topological polar surface area (TPSA) is 61.4 Å². The lowest BCUT2D eigenvalue weighted by Gasteiger charge is -2.27. The van der Waals surface area contributed by atoms with Crippen molar-refractivity contribution in [1.82, 2.24) is 5.32 Å². The van der Waals surface area contributed by atoms with Gasteiger partial charge in [-0.1, -0.05) is 113 Å². The molecule has 2 aliphatic rings. The van der Waals surface area contributed by atoms with E-state index in [2.05, 4.69) is 141 Å². The molecule has 5 nitrogen and oxygen atoms in total. The number of amides is 1. The number of rotatable bonds is 18. The van der Waals surface area contributed by atoms with Gasteiger partial charge in [0.15, 0.2) is 5.71 Å². The van der Waals surface area contributed by atoms with Crippen molar-refractivity contribution in [2.45, 2.75) is 103 Å². The summed E-state index contributed by atoms with van der Waals surface area (Å²) in [5.41, 5.74) is 13.4. The van der Waals surface area contributed by atoms with Crippen molar-refractivity contribution in [1.29, 1.82) is 0 Å². The number of para-hydroxylation sites is 2. The zero-order valence-electron chi connectivity index (χ0n) is 29.7. The molecule has 0 spiro atoms. The Hall–Kier alpha value is -3.70. The third-order valence-electron chi connectivity index (χ3n) is 9.93. The highest BCUT2D eigenvalue weighted by Gasteiger charge is 2.42. The van der Waals surface area contributed by atoms with Crippen molar-refractivity contribution in [2.24, 2.45) is 5.73 Å². The van der Waals surface area contributed by atoms with Crippen molar-refractivity contribution in [3.63, 3.8) is 0 Å². The van der Waals surface area contributed by atoms with Crippen LogP contribution in [-0.4, -0.2) is 42.9 Å². The fourth-order valence-corrected chi connectivity index (χ4v) is 7.19. The van der Waals surface area contributed by atoms with Crippen LogP contribution in [0.2, 0.25) is 0 Å². The molecule has 0 aliphatic carbocycles. The van der Waals surface area contributed by atoms with Crippen LogP contribution in [-0.2, 0) is 15.6 Å². The molecule has 0 radical (unpaired) electrons. The van der Waals surface area contributed by atoms with Gasteiger partial charge in [0.1, 0.15) is 7.05 Å². The highest BCUT2D eigenvalue weighted by atomic mass is 16.1. The van der Waals surface area contributed by atoms with Gasteiger partial charge in [0.05, 0.1) is 5.41 Å². The molecule has 2 aliphatic heterocycles. The molecule has 47 heavy (non-hydrogen) atoms. The van der Waals surface area contributed by atoms with Gasteiger partial charge in [-0.05, 0) is 63.8 Å². The van der Waals surface area contributed by atoms with E-state index in [1.54, 1.807) is 0 Å². The van der Waals surface area contributed by atoms with Crippen LogP contribution in [0.3, 0.4) is 0 Å². The van der Waals surface area contributed by atoms with Crippen LogP contribution in [0.5, 0.6) is 0 Å². The smallest absolute Gasteiger partial charge is 0.219 e. The molecule has 5 heteroatoms. The molecular weight excluding hydrogens is 576 g/mol. The van der Waals surface area contributed by atoms with Crippen LogP contribution in [0.15, 0.2) is 96.8 Å². The van der Waals surface area contributed by atoms with E-state index in [9.17, 15) is 4.79 Å². The number of carbonyl (C=O) groups excluding carboxylic acids is 1. The molecule has 0 aromatic heterocycles. The van der Waals surface area contributed by atoms with Crippen molar-refractivity contribution in [3.05, 3.63) is 108 Å². The minimum absolute atomic E-state index is 0.0148. The van der Waals surface area contributed by atoms with Gasteiger partial charge in [0, 0.05) is 54.0 Å². The Morgan fingerprint density at radius 2 is 1.40 bits per heavy atom. The van der Waals surface area contributed by atoms with Crippen LogP contribution in [0, 0.1) is 0 Å². The first kappa shape index (κ1) is 36.1. The Balaban J connectivity index is 1.27. The monoisotopic (exact) mass is 635 g/mol. The molecule has 0 saturated heterocycles. The number of allylic oxidation sites excluding steroid dienone is 8. The molecule has 0 fully saturated rings. The van der Waals surface area contributed by atoms with Crippen LogP contribution < -0.4 is 16.0 Å². The first-order chi connectivity index (χ1) is 22.7. The molecule has 0 unspecified atom stereocenters. The maximum Gasteiger partial charge on any atom is 0.219 e. The summed E-state index contributed by atoms with van der Waals surface area (Å²) < 4.78 is 2.30. The van der Waals surface area contributed by atoms with Crippen molar-refractivity contribution >= 4 is 23.0 Å². The second-order valence-corrected chi connectivity index (χ2v) is 14.1. The lowest BCUT2D eigenvalue weighted by molar-refractivity contribution is -0.401. The number of carbonyl (C=O) groups is 1. The molecule has 1 amide bonds. The fourth-order valence-electron chi connectivity index (χ4n) is 7.19. The molecule has 2 heterocycles. The lowest BCUT2D eigenvalue weighted by atomic mass is 9.81. The molecule has 0 saturated carbocycles. The number of nitrogens with one attached hydrogen (secondary N) is 1. The highest BCUT2D eigenvalue weighted by molar-refractivity contribution is 6.03. The van der Waals surface area contributed by atoms with Gasteiger partial charge in [0.25, 0.3) is 0 Å². The average molecular weight is 636 g/mol. The zero-order chi connectivity index (χ0) is 33.7. The predicted molar refractivity (Wildman–Crippen MR) is 201 cm³/mol. The number of nitrogens with zero attached hydrogens (tertiary/aromatic N) is 2. The largest absolute Gasteiger partial charge is 0.356 e. The van der Waals surface area contributed by atoms with Gasteiger partial charge < -0.3 is 16.0 Å². The number of hydrogen-bond donors (Lipinski definition) is 2. The first-order valence-corrected chi connectivity index (χ1v) is 18.0. The molecule has 252 valence electrons. The van der Waals surface area contributed by atoms with Crippen molar-refractivity contribution in [3.8, 4) is 0 Å². The van der Waals surface area contributed by atoms with E-state index in [1.165, 1.54) is 59.6 Å². The van der Waals surface area contributed by atoms with Gasteiger partial charge in [-0.3, -0.25) is 4.79 Å². The van der Waals surface area contributed by atoms with Gasteiger partial charge in [-0.25, -0.2) is 0 Å². The van der Waals surface area contributed by atoms with E-state index in [1.807, 2.05) is 0 Å². The number of anilines is 1. The quantitative estimate of drug-likeness (QED) is 0.0976. The van der Waals surface area contributed by atoms with Crippen LogP contribution in [0.25, 0.3) is 0 Å². The Morgan fingerprint density at radius 3 is 2.17 bits per heavy atom. The summed E-state index contributed by atoms with van der Waals surface area (Å²) in [6, 6.07) is 17.5. The Kier molecular flexibility index (Phi) is 13.4. The maximum atomic E-state index is 12.3. The summed E-state index contributed by atoms with van der Waals surface area (Å²) in [6.45, 7) is 11.8. The second-order valence-electron chi connectivity index (χ2n) is 14.1. The fraction of sp³-hybridized carbons (Fsp3) is 0.476. The van der Waals surface area contributed by atoms with E-state index < -0.39 is 0 Å². The molecule has 2 aromatic rings. The molecule has 3 N–H and O–H groups in total. The zero-order valence-corrected chi connectivity index (χ0v) is 29.7. The molecule has 0 bridgehead atoms. The molecule has 0 atom stereocenters. The summed E-state index contributed by atoms with van der Waals surface area (Å²) in [5, 5.41) is 3.11. The van der Waals surface area contributed by atoms with E-state index in [-0.39, 0.29) is 16.7 Å². The van der Waals surface area contributed by atoms with E-state index in [0.717, 1.165) is 51.7 Å². The normalized spacial score (nSPS) is 17.5. The van der Waals surface area contributed by atoms with Crippen LogP contribution in [0.4, 0.5) is 11.4 Å². The first-order valence-electron chi connectivity index (χ1n) is 18.0. The van der Waals surface area contributed by atoms with Crippen molar-refractivity contribution in [2.75, 3.05) is 31.6 Å². The minimum atomic E-state index is -0.0703. The minimum Gasteiger partial charge on any atom is -0.356 e.